The van der Waals surface area contributed by atoms with Gasteiger partial charge >= 0.3 is 0 Å². The van der Waals surface area contributed by atoms with Crippen LogP contribution in [0.5, 0.6) is 23.1 Å². The minimum atomic E-state index is -0.780. The second kappa shape index (κ2) is 6.49. The first-order chi connectivity index (χ1) is 14.3. The molecule has 0 radical (unpaired) electrons. The first-order valence-corrected chi connectivity index (χ1v) is 9.90. The number of pyridine rings is 1. The third-order valence-corrected chi connectivity index (χ3v) is 5.50. The number of fused-ring (bicyclic) bond motifs is 4. The quantitative estimate of drug-likeness (QED) is 0.663. The summed E-state index contributed by atoms with van der Waals surface area (Å²) in [6.45, 7) is 6.85. The van der Waals surface area contributed by atoms with Gasteiger partial charge in [-0.25, -0.2) is 9.98 Å². The van der Waals surface area contributed by atoms with Gasteiger partial charge in [-0.05, 0) is 47.4 Å². The first-order valence-electron chi connectivity index (χ1n) is 9.90. The monoisotopic (exact) mass is 401 g/mol. The highest BCUT2D eigenvalue weighted by Gasteiger charge is 2.47. The minimum Gasteiger partial charge on any atom is -0.462 e. The smallest absolute Gasteiger partial charge is 0.283 e. The average Bonchev–Trinajstić information content (AvgIpc) is 3.11. The largest absolute Gasteiger partial charge is 0.462 e. The van der Waals surface area contributed by atoms with E-state index >= 15 is 0 Å². The first kappa shape index (κ1) is 18.5. The van der Waals surface area contributed by atoms with Gasteiger partial charge in [-0.2, -0.15) is 0 Å². The third kappa shape index (κ3) is 2.96. The number of hydrogen-bond donors (Lipinski definition) is 1. The molecule has 2 aromatic carbocycles. The van der Waals surface area contributed by atoms with E-state index in [-0.39, 0.29) is 11.4 Å². The standard InChI is InChI=1S/C24H23N3O3/c1-23(2,3)15-7-9-19-17(12-15)24(14-28-22(25)27-24)18-13-16(8-10-20(18)30-19)29-21-6-4-5-11-26-21/h4-13H,14H2,1-3H3,(H2,25,27). The van der Waals surface area contributed by atoms with Crippen molar-refractivity contribution in [2.45, 2.75) is 31.7 Å². The maximum absolute atomic E-state index is 6.24. The molecular formula is C24H23N3O3. The summed E-state index contributed by atoms with van der Waals surface area (Å²) in [7, 11) is 0. The van der Waals surface area contributed by atoms with Crippen molar-refractivity contribution in [1.29, 1.82) is 0 Å². The third-order valence-electron chi connectivity index (χ3n) is 5.50. The molecular weight excluding hydrogens is 378 g/mol. The van der Waals surface area contributed by atoms with Crippen LogP contribution < -0.4 is 15.2 Å². The molecule has 3 aromatic rings. The second-order valence-electron chi connectivity index (χ2n) is 8.59. The second-order valence-corrected chi connectivity index (χ2v) is 8.59. The van der Waals surface area contributed by atoms with Crippen molar-refractivity contribution in [3.8, 4) is 23.1 Å². The summed E-state index contributed by atoms with van der Waals surface area (Å²) in [4.78, 5) is 8.99. The highest BCUT2D eigenvalue weighted by molar-refractivity contribution is 5.77. The topological polar surface area (TPSA) is 79.0 Å². The molecule has 0 fully saturated rings. The van der Waals surface area contributed by atoms with Crippen LogP contribution in [0, 0.1) is 0 Å². The maximum atomic E-state index is 6.24. The fourth-order valence-electron chi connectivity index (χ4n) is 3.89. The van der Waals surface area contributed by atoms with E-state index in [9.17, 15) is 0 Å². The summed E-state index contributed by atoms with van der Waals surface area (Å²) < 4.78 is 17.9. The van der Waals surface area contributed by atoms with Crippen LogP contribution in [0.15, 0.2) is 65.8 Å². The van der Waals surface area contributed by atoms with Gasteiger partial charge in [0.25, 0.3) is 6.02 Å². The Labute approximate surface area is 175 Å². The van der Waals surface area contributed by atoms with Gasteiger partial charge in [-0.1, -0.05) is 32.9 Å². The Bertz CT molecular complexity index is 1150. The molecule has 0 bridgehead atoms. The number of amidine groups is 1. The molecule has 6 heteroatoms. The van der Waals surface area contributed by atoms with Crippen molar-refractivity contribution in [2.24, 2.45) is 10.7 Å². The number of hydrogen-bond acceptors (Lipinski definition) is 6. The van der Waals surface area contributed by atoms with Crippen LogP contribution in [0.4, 0.5) is 0 Å². The van der Waals surface area contributed by atoms with Gasteiger partial charge < -0.3 is 19.9 Å². The minimum absolute atomic E-state index is 0.0187. The number of nitrogens with zero attached hydrogens (tertiary/aromatic N) is 2. The molecule has 1 atom stereocenters. The predicted octanol–water partition coefficient (Wildman–Crippen LogP) is 4.87. The molecule has 152 valence electrons. The summed E-state index contributed by atoms with van der Waals surface area (Å²) in [5.41, 5.74) is 8.18. The van der Waals surface area contributed by atoms with E-state index in [1.54, 1.807) is 6.20 Å². The molecule has 1 aromatic heterocycles. The van der Waals surface area contributed by atoms with Crippen LogP contribution in [0.3, 0.4) is 0 Å². The number of rotatable bonds is 2. The van der Waals surface area contributed by atoms with Crippen LogP contribution in [-0.2, 0) is 15.7 Å². The number of aliphatic imine (C=N–C) groups is 1. The molecule has 5 rings (SSSR count). The fraction of sp³-hybridized carbons (Fsp3) is 0.250. The van der Waals surface area contributed by atoms with E-state index in [1.807, 2.05) is 42.5 Å². The molecule has 1 unspecified atom stereocenters. The van der Waals surface area contributed by atoms with Crippen LogP contribution in [0.1, 0.15) is 37.5 Å². The lowest BCUT2D eigenvalue weighted by molar-refractivity contribution is 0.264. The SMILES string of the molecule is CC(C)(C)c1ccc2c(c1)C1(COC(N)=N1)c1cc(Oc3ccccn3)ccc1O2. The van der Waals surface area contributed by atoms with E-state index in [2.05, 4.69) is 37.9 Å². The number of aromatic nitrogens is 1. The van der Waals surface area contributed by atoms with Gasteiger partial charge in [0.15, 0.2) is 5.54 Å². The molecule has 1 spiro atoms. The molecule has 30 heavy (non-hydrogen) atoms. The Morgan fingerprint density at radius 2 is 1.77 bits per heavy atom. The summed E-state index contributed by atoms with van der Waals surface area (Å²) in [5.74, 6) is 2.63. The lowest BCUT2D eigenvalue weighted by Gasteiger charge is -2.35. The Kier molecular flexibility index (Phi) is 4.00. The number of ether oxygens (including phenoxy) is 3. The van der Waals surface area contributed by atoms with Crippen molar-refractivity contribution >= 4 is 6.02 Å². The van der Waals surface area contributed by atoms with Gasteiger partial charge in [0.1, 0.15) is 23.9 Å². The van der Waals surface area contributed by atoms with Gasteiger partial charge in [-0.3, -0.25) is 0 Å². The van der Waals surface area contributed by atoms with Crippen molar-refractivity contribution in [3.63, 3.8) is 0 Å². The Morgan fingerprint density at radius 3 is 2.43 bits per heavy atom. The molecule has 2 N–H and O–H groups in total. The van der Waals surface area contributed by atoms with Crippen LogP contribution >= 0.6 is 0 Å². The fourth-order valence-corrected chi connectivity index (χ4v) is 3.89. The van der Waals surface area contributed by atoms with Crippen LogP contribution in [-0.4, -0.2) is 17.6 Å². The van der Waals surface area contributed by atoms with E-state index in [4.69, 9.17) is 24.9 Å². The van der Waals surface area contributed by atoms with Gasteiger partial charge in [0.05, 0.1) is 0 Å². The zero-order chi connectivity index (χ0) is 20.9. The Balaban J connectivity index is 1.66. The predicted molar refractivity (Wildman–Crippen MR) is 114 cm³/mol. The summed E-state index contributed by atoms with van der Waals surface area (Å²) in [6.07, 6.45) is 1.69. The zero-order valence-corrected chi connectivity index (χ0v) is 17.2. The van der Waals surface area contributed by atoms with Crippen molar-refractivity contribution in [2.75, 3.05) is 6.61 Å². The molecule has 0 amide bonds. The molecule has 2 aliphatic rings. The molecule has 2 aliphatic heterocycles. The van der Waals surface area contributed by atoms with Crippen molar-refractivity contribution in [1.82, 2.24) is 4.98 Å². The highest BCUT2D eigenvalue weighted by atomic mass is 16.5. The summed E-state index contributed by atoms with van der Waals surface area (Å²) in [5, 5.41) is 0. The molecule has 0 aliphatic carbocycles. The Morgan fingerprint density at radius 1 is 1.00 bits per heavy atom. The normalized spacial score (nSPS) is 19.4. The zero-order valence-electron chi connectivity index (χ0n) is 17.2. The summed E-state index contributed by atoms with van der Waals surface area (Å²) >= 11 is 0. The van der Waals surface area contributed by atoms with Crippen molar-refractivity contribution < 1.29 is 14.2 Å². The van der Waals surface area contributed by atoms with Gasteiger partial charge in [0.2, 0.25) is 5.88 Å². The summed E-state index contributed by atoms with van der Waals surface area (Å²) in [6, 6.07) is 17.6. The number of benzene rings is 2. The lowest BCUT2D eigenvalue weighted by Crippen LogP contribution is -2.31. The van der Waals surface area contributed by atoms with E-state index in [1.165, 1.54) is 5.56 Å². The van der Waals surface area contributed by atoms with Crippen molar-refractivity contribution in [3.05, 3.63) is 77.5 Å². The van der Waals surface area contributed by atoms with Gasteiger partial charge in [-0.15, -0.1) is 0 Å². The average molecular weight is 401 g/mol. The lowest BCUT2D eigenvalue weighted by atomic mass is 9.78. The van der Waals surface area contributed by atoms with Crippen LogP contribution in [0.25, 0.3) is 0 Å². The molecule has 0 saturated heterocycles. The van der Waals surface area contributed by atoms with E-state index in [0.29, 0.717) is 24.0 Å². The highest BCUT2D eigenvalue weighted by Crippen LogP contribution is 2.52. The number of nitrogens with two attached hydrogens (primary N) is 1. The molecule has 3 heterocycles. The van der Waals surface area contributed by atoms with E-state index < -0.39 is 5.54 Å². The van der Waals surface area contributed by atoms with E-state index in [0.717, 1.165) is 16.9 Å². The maximum Gasteiger partial charge on any atom is 0.283 e. The Hall–Kier alpha value is -3.54. The molecule has 0 saturated carbocycles. The molecule has 6 nitrogen and oxygen atoms in total. The van der Waals surface area contributed by atoms with Gasteiger partial charge in [0, 0.05) is 23.4 Å². The van der Waals surface area contributed by atoms with Crippen LogP contribution in [0.2, 0.25) is 0 Å².